The van der Waals surface area contributed by atoms with Gasteiger partial charge in [-0.25, -0.2) is 9.78 Å². The van der Waals surface area contributed by atoms with Crippen molar-refractivity contribution in [1.82, 2.24) is 25.9 Å². The Hall–Kier alpha value is -5.24. The van der Waals surface area contributed by atoms with Crippen molar-refractivity contribution in [1.29, 1.82) is 0 Å². The number of rotatable bonds is 15. The van der Waals surface area contributed by atoms with E-state index < -0.39 is 60.2 Å². The van der Waals surface area contributed by atoms with E-state index in [9.17, 15) is 34.2 Å². The van der Waals surface area contributed by atoms with Gasteiger partial charge in [0.25, 0.3) is 0 Å². The molecule has 10 N–H and O–H groups in total. The van der Waals surface area contributed by atoms with Gasteiger partial charge >= 0.3 is 5.97 Å². The summed E-state index contributed by atoms with van der Waals surface area (Å²) < 4.78 is 0. The number of benzene rings is 2. The summed E-state index contributed by atoms with van der Waals surface area (Å²) in [5, 5.41) is 26.4. The number of aromatic nitrogens is 2. The predicted molar refractivity (Wildman–Crippen MR) is 149 cm³/mol. The van der Waals surface area contributed by atoms with Crippen LogP contribution in [0.5, 0.6) is 5.75 Å². The number of carboxylic acid groups (broad SMARTS) is 1. The van der Waals surface area contributed by atoms with Crippen LogP contribution in [0.4, 0.5) is 0 Å². The number of carbonyl (C=O) groups excluding carboxylic acids is 4. The Bertz CT molecular complexity index is 1370. The maximum atomic E-state index is 13.4. The topological polar surface area (TPSA) is 243 Å². The summed E-state index contributed by atoms with van der Waals surface area (Å²) in [6, 6.07) is 9.55. The van der Waals surface area contributed by atoms with E-state index in [-0.39, 0.29) is 25.0 Å². The fourth-order valence-corrected chi connectivity index (χ4v) is 4.09. The number of nitrogens with two attached hydrogens (primary N) is 2. The Morgan fingerprint density at radius 3 is 1.98 bits per heavy atom. The standard InChI is InChI=1S/C28H33N7O7/c29-20(10-16-4-2-1-3-5-16)25(38)33-21(12-18-14-31-15-32-18)26(39)34-22(13-24(30)37)27(40)35-23(28(41)42)11-17-6-8-19(36)9-7-17/h1-9,14-15,20-23,36H,10-13,29H2,(H2,30,37)(H,31,32)(H,33,38)(H,34,39)(H,35,40)(H,41,42). The molecule has 0 radical (unpaired) electrons. The van der Waals surface area contributed by atoms with Crippen molar-refractivity contribution in [2.24, 2.45) is 11.5 Å². The maximum Gasteiger partial charge on any atom is 0.326 e. The van der Waals surface area contributed by atoms with Crippen molar-refractivity contribution in [2.75, 3.05) is 0 Å². The first-order valence-corrected chi connectivity index (χ1v) is 13.0. The van der Waals surface area contributed by atoms with Gasteiger partial charge in [-0.05, 0) is 29.7 Å². The predicted octanol–water partition coefficient (Wildman–Crippen LogP) is -1.12. The molecule has 0 saturated carbocycles. The zero-order valence-electron chi connectivity index (χ0n) is 22.5. The van der Waals surface area contributed by atoms with Crippen LogP contribution >= 0.6 is 0 Å². The molecule has 4 atom stereocenters. The average Bonchev–Trinajstić information content (AvgIpc) is 3.46. The largest absolute Gasteiger partial charge is 0.508 e. The first-order valence-electron chi connectivity index (χ1n) is 13.0. The number of hydrogen-bond acceptors (Lipinski definition) is 8. The Kier molecular flexibility index (Phi) is 11.1. The fraction of sp³-hybridized carbons (Fsp3) is 0.286. The molecule has 1 aromatic heterocycles. The minimum absolute atomic E-state index is 0.0170. The Balaban J connectivity index is 1.73. The summed E-state index contributed by atoms with van der Waals surface area (Å²) in [5.74, 6) is -4.75. The van der Waals surface area contributed by atoms with Crippen LogP contribution in [0.3, 0.4) is 0 Å². The number of primary amides is 1. The van der Waals surface area contributed by atoms with E-state index in [0.717, 1.165) is 5.56 Å². The smallest absolute Gasteiger partial charge is 0.326 e. The third-order valence-corrected chi connectivity index (χ3v) is 6.28. The molecule has 42 heavy (non-hydrogen) atoms. The summed E-state index contributed by atoms with van der Waals surface area (Å²) in [5.41, 5.74) is 13.2. The molecular formula is C28H33N7O7. The Morgan fingerprint density at radius 2 is 1.38 bits per heavy atom. The molecule has 0 bridgehead atoms. The van der Waals surface area contributed by atoms with E-state index in [1.54, 1.807) is 24.3 Å². The number of hydrogen-bond donors (Lipinski definition) is 8. The summed E-state index contributed by atoms with van der Waals surface area (Å²) >= 11 is 0. The molecule has 222 valence electrons. The van der Waals surface area contributed by atoms with Gasteiger partial charge in [-0.15, -0.1) is 0 Å². The Morgan fingerprint density at radius 1 is 0.786 bits per heavy atom. The second-order valence-corrected chi connectivity index (χ2v) is 9.64. The van der Waals surface area contributed by atoms with Gasteiger partial charge in [0.2, 0.25) is 23.6 Å². The molecule has 2 aromatic carbocycles. The summed E-state index contributed by atoms with van der Waals surface area (Å²) in [4.78, 5) is 69.7. The van der Waals surface area contributed by atoms with Gasteiger partial charge in [-0.1, -0.05) is 42.5 Å². The van der Waals surface area contributed by atoms with Crippen molar-refractivity contribution in [3.05, 3.63) is 83.9 Å². The van der Waals surface area contributed by atoms with Crippen LogP contribution in [-0.4, -0.2) is 73.9 Å². The molecule has 1 heterocycles. The normalized spacial score (nSPS) is 13.6. The molecule has 14 heteroatoms. The van der Waals surface area contributed by atoms with E-state index in [1.807, 2.05) is 6.07 Å². The van der Waals surface area contributed by atoms with Crippen LogP contribution in [0, 0.1) is 0 Å². The molecule has 0 aliphatic heterocycles. The average molecular weight is 580 g/mol. The lowest BCUT2D eigenvalue weighted by Crippen LogP contribution is -2.58. The highest BCUT2D eigenvalue weighted by molar-refractivity contribution is 5.96. The molecule has 0 aliphatic carbocycles. The number of nitrogens with one attached hydrogen (secondary N) is 4. The zero-order chi connectivity index (χ0) is 30.6. The number of carbonyl (C=O) groups is 5. The summed E-state index contributed by atoms with van der Waals surface area (Å²) in [6.07, 6.45) is 2.20. The maximum absolute atomic E-state index is 13.4. The van der Waals surface area contributed by atoms with Gasteiger partial charge < -0.3 is 42.6 Å². The molecule has 4 amide bonds. The highest BCUT2D eigenvalue weighted by Gasteiger charge is 2.31. The quantitative estimate of drug-likeness (QED) is 0.109. The minimum atomic E-state index is -1.55. The minimum Gasteiger partial charge on any atom is -0.508 e. The van der Waals surface area contributed by atoms with Crippen molar-refractivity contribution in [3.63, 3.8) is 0 Å². The number of aliphatic carboxylic acids is 1. The van der Waals surface area contributed by atoms with E-state index in [4.69, 9.17) is 11.5 Å². The first-order chi connectivity index (χ1) is 20.0. The highest BCUT2D eigenvalue weighted by Crippen LogP contribution is 2.12. The molecule has 0 aliphatic rings. The number of phenols is 1. The zero-order valence-corrected chi connectivity index (χ0v) is 22.5. The number of phenolic OH excluding ortho intramolecular Hbond substituents is 1. The van der Waals surface area contributed by atoms with Crippen molar-refractivity contribution >= 4 is 29.6 Å². The number of imidazole rings is 1. The molecule has 3 aromatic rings. The van der Waals surface area contributed by atoms with Crippen LogP contribution in [0.25, 0.3) is 0 Å². The van der Waals surface area contributed by atoms with Crippen molar-refractivity contribution in [3.8, 4) is 5.75 Å². The highest BCUT2D eigenvalue weighted by atomic mass is 16.4. The first kappa shape index (κ1) is 31.3. The van der Waals surface area contributed by atoms with Gasteiger partial charge in [-0.3, -0.25) is 19.2 Å². The molecule has 0 saturated heterocycles. The van der Waals surface area contributed by atoms with Crippen LogP contribution in [0.1, 0.15) is 23.2 Å². The third kappa shape index (κ3) is 9.75. The SMILES string of the molecule is NC(=O)CC(NC(=O)C(Cc1cnc[nH]1)NC(=O)C(N)Cc1ccccc1)C(=O)NC(Cc1ccc(O)cc1)C(=O)O. The summed E-state index contributed by atoms with van der Waals surface area (Å²) in [7, 11) is 0. The summed E-state index contributed by atoms with van der Waals surface area (Å²) in [6.45, 7) is 0. The number of nitrogens with zero attached hydrogens (tertiary/aromatic N) is 1. The third-order valence-electron chi connectivity index (χ3n) is 6.28. The van der Waals surface area contributed by atoms with Crippen LogP contribution in [0.15, 0.2) is 67.1 Å². The van der Waals surface area contributed by atoms with E-state index >= 15 is 0 Å². The van der Waals surface area contributed by atoms with Gasteiger partial charge in [0.15, 0.2) is 0 Å². The van der Waals surface area contributed by atoms with Crippen LogP contribution in [0.2, 0.25) is 0 Å². The number of aromatic hydroxyl groups is 1. The lowest BCUT2D eigenvalue weighted by molar-refractivity contribution is -0.142. The second-order valence-electron chi connectivity index (χ2n) is 9.64. The molecular weight excluding hydrogens is 546 g/mol. The molecule has 14 nitrogen and oxygen atoms in total. The van der Waals surface area contributed by atoms with Crippen LogP contribution < -0.4 is 27.4 Å². The number of carboxylic acids is 1. The fourth-order valence-electron chi connectivity index (χ4n) is 4.09. The van der Waals surface area contributed by atoms with Gasteiger partial charge in [-0.2, -0.15) is 0 Å². The van der Waals surface area contributed by atoms with E-state index in [0.29, 0.717) is 11.3 Å². The lowest BCUT2D eigenvalue weighted by Gasteiger charge is -2.24. The van der Waals surface area contributed by atoms with Crippen LogP contribution in [-0.2, 0) is 43.2 Å². The van der Waals surface area contributed by atoms with E-state index in [2.05, 4.69) is 25.9 Å². The number of amides is 4. The molecule has 0 fully saturated rings. The molecule has 4 unspecified atom stereocenters. The van der Waals surface area contributed by atoms with E-state index in [1.165, 1.54) is 36.8 Å². The monoisotopic (exact) mass is 579 g/mol. The molecule has 0 spiro atoms. The number of H-pyrrole nitrogens is 1. The molecule has 3 rings (SSSR count). The lowest BCUT2D eigenvalue weighted by atomic mass is 10.0. The second kappa shape index (κ2) is 14.9. The van der Waals surface area contributed by atoms with Gasteiger partial charge in [0, 0.05) is 24.7 Å². The number of aromatic amines is 1. The van der Waals surface area contributed by atoms with Crippen molar-refractivity contribution < 1.29 is 34.2 Å². The van der Waals surface area contributed by atoms with Gasteiger partial charge in [0.05, 0.1) is 18.8 Å². The Labute approximate surface area is 240 Å². The van der Waals surface area contributed by atoms with Gasteiger partial charge in [0.1, 0.15) is 23.9 Å². The van der Waals surface area contributed by atoms with Crippen molar-refractivity contribution in [2.45, 2.75) is 49.9 Å².